The standard InChI is InChI=1S/C44H50N10O17/c45-54-53-29-11-5-25(6-12-29)38(61)48-28(13-17-34(55)46-26-7-1-23(2-8-26)21-32(41(66)67)51-43(70)49-30(39(62)63)15-19-36(57)58)14-18-35(56)47-27-9-3-24(4-10-27)22-33(42(68)69)52-44(71)50-31(40(64)65)16-20-37(59)60/h1-12,28,30-33H,13-22H2,(H,46,55)(H,47,56)(H,48,61)(H,57,58)(H,59,60)(H,62,63)(H,64,65)(H,66,67)(H,68,69)(H2,49,51,70)(H2,50,52,71). The predicted octanol–water partition coefficient (Wildman–Crippen LogP) is 2.79. The number of urea groups is 2. The third kappa shape index (κ3) is 21.1. The molecule has 0 aliphatic heterocycles. The number of rotatable bonds is 29. The van der Waals surface area contributed by atoms with E-state index < -0.39 is 121 Å². The number of carbonyl (C=O) groups excluding carboxylic acids is 5. The highest BCUT2D eigenvalue weighted by molar-refractivity contribution is 5.95. The molecule has 0 spiro atoms. The maximum absolute atomic E-state index is 13.2. The third-order valence-corrected chi connectivity index (χ3v) is 10.1. The monoisotopic (exact) mass is 990 g/mol. The minimum atomic E-state index is -1.59. The van der Waals surface area contributed by atoms with E-state index in [0.29, 0.717) is 22.5 Å². The summed E-state index contributed by atoms with van der Waals surface area (Å²) in [5.74, 6) is -10.1. The average Bonchev–Trinajstić information content (AvgIpc) is 3.30. The fraction of sp³-hybridized carbons (Fsp3) is 0.341. The second-order valence-electron chi connectivity index (χ2n) is 15.5. The van der Waals surface area contributed by atoms with Gasteiger partial charge in [0.1, 0.15) is 24.2 Å². The van der Waals surface area contributed by atoms with Crippen molar-refractivity contribution in [2.75, 3.05) is 10.6 Å². The van der Waals surface area contributed by atoms with Crippen LogP contribution in [0.3, 0.4) is 0 Å². The van der Waals surface area contributed by atoms with Crippen molar-refractivity contribution in [2.45, 2.75) is 94.4 Å². The summed E-state index contributed by atoms with van der Waals surface area (Å²) in [4.78, 5) is 135. The minimum Gasteiger partial charge on any atom is -0.481 e. The molecule has 27 nitrogen and oxygen atoms in total. The Kier molecular flexibility index (Phi) is 22.2. The van der Waals surface area contributed by atoms with E-state index in [1.54, 1.807) is 0 Å². The van der Waals surface area contributed by atoms with E-state index >= 15 is 0 Å². The summed E-state index contributed by atoms with van der Waals surface area (Å²) in [5.41, 5.74) is 10.5. The normalized spacial score (nSPS) is 12.6. The van der Waals surface area contributed by atoms with Crippen molar-refractivity contribution in [1.29, 1.82) is 0 Å². The summed E-state index contributed by atoms with van der Waals surface area (Å²) in [6.07, 6.45) is -2.76. The van der Waals surface area contributed by atoms with Gasteiger partial charge in [0.15, 0.2) is 0 Å². The SMILES string of the molecule is [N-]=[N+]=Nc1ccc(C(=O)NC(CCC(=O)Nc2ccc(CC(NC(=O)NC(CCC(=O)O)C(=O)O)C(=O)O)cc2)CCC(=O)Nc2ccc(CC(NC(=O)NC(CCC(=O)O)C(=O)O)C(=O)O)cc2)cc1. The van der Waals surface area contributed by atoms with Gasteiger partial charge in [0.05, 0.1) is 0 Å². The van der Waals surface area contributed by atoms with Gasteiger partial charge in [0, 0.05) is 72.1 Å². The summed E-state index contributed by atoms with van der Waals surface area (Å²) in [6.45, 7) is 0. The Morgan fingerprint density at radius 2 is 0.831 bits per heavy atom. The molecule has 0 aliphatic carbocycles. The van der Waals surface area contributed by atoms with Crippen LogP contribution in [-0.2, 0) is 51.2 Å². The van der Waals surface area contributed by atoms with Gasteiger partial charge in [-0.2, -0.15) is 0 Å². The Morgan fingerprint density at radius 1 is 0.465 bits per heavy atom. The highest BCUT2D eigenvalue weighted by Crippen LogP contribution is 2.18. The van der Waals surface area contributed by atoms with Gasteiger partial charge in [-0.05, 0) is 78.7 Å². The Bertz CT molecular complexity index is 2350. The predicted molar refractivity (Wildman–Crippen MR) is 245 cm³/mol. The van der Waals surface area contributed by atoms with Crippen molar-refractivity contribution < 1.29 is 83.4 Å². The molecule has 0 radical (unpaired) electrons. The number of amides is 7. The van der Waals surface area contributed by atoms with Crippen molar-refractivity contribution >= 4 is 82.7 Å². The molecule has 71 heavy (non-hydrogen) atoms. The largest absolute Gasteiger partial charge is 0.481 e. The topological polar surface area (TPSA) is 442 Å². The van der Waals surface area contributed by atoms with Crippen LogP contribution in [0.25, 0.3) is 10.4 Å². The molecule has 0 aromatic heterocycles. The summed E-state index contributed by atoms with van der Waals surface area (Å²) >= 11 is 0. The fourth-order valence-corrected chi connectivity index (χ4v) is 6.43. The molecule has 3 aromatic rings. The van der Waals surface area contributed by atoms with Crippen molar-refractivity contribution in [3.8, 4) is 0 Å². The molecular weight excluding hydrogens is 941 g/mol. The second-order valence-corrected chi connectivity index (χ2v) is 15.5. The third-order valence-electron chi connectivity index (χ3n) is 10.1. The van der Waals surface area contributed by atoms with E-state index in [1.165, 1.54) is 72.8 Å². The van der Waals surface area contributed by atoms with Crippen LogP contribution in [0.5, 0.6) is 0 Å². The number of benzene rings is 3. The zero-order valence-corrected chi connectivity index (χ0v) is 37.4. The molecule has 7 amide bonds. The minimum absolute atomic E-state index is 0.0393. The number of hydrogen-bond acceptors (Lipinski definition) is 12. The number of carbonyl (C=O) groups is 11. The highest BCUT2D eigenvalue weighted by atomic mass is 16.4. The van der Waals surface area contributed by atoms with E-state index in [-0.39, 0.29) is 49.8 Å². The Hall–Kier alpha value is -9.26. The number of carboxylic acid groups (broad SMARTS) is 6. The second kappa shape index (κ2) is 28.2. The summed E-state index contributed by atoms with van der Waals surface area (Å²) < 4.78 is 0. The Morgan fingerprint density at radius 3 is 1.17 bits per heavy atom. The molecule has 4 atom stereocenters. The first-order valence-electron chi connectivity index (χ1n) is 21.3. The molecule has 0 aliphatic rings. The average molecular weight is 991 g/mol. The molecule has 13 N–H and O–H groups in total. The van der Waals surface area contributed by atoms with E-state index in [9.17, 15) is 73.2 Å². The lowest BCUT2D eigenvalue weighted by Crippen LogP contribution is -2.51. The van der Waals surface area contributed by atoms with Crippen LogP contribution < -0.4 is 37.2 Å². The zero-order valence-electron chi connectivity index (χ0n) is 37.4. The maximum Gasteiger partial charge on any atom is 0.326 e. The van der Waals surface area contributed by atoms with E-state index in [2.05, 4.69) is 36.6 Å². The molecular formula is C44H50N10O17. The van der Waals surface area contributed by atoms with Gasteiger partial charge in [-0.1, -0.05) is 41.5 Å². The number of carboxylic acids is 6. The van der Waals surface area contributed by atoms with Crippen LogP contribution in [-0.4, -0.2) is 126 Å². The van der Waals surface area contributed by atoms with Gasteiger partial charge in [-0.25, -0.2) is 28.8 Å². The van der Waals surface area contributed by atoms with Crippen LogP contribution >= 0.6 is 0 Å². The molecule has 0 saturated heterocycles. The van der Waals surface area contributed by atoms with E-state index in [4.69, 9.17) is 15.7 Å². The number of azide groups is 1. The van der Waals surface area contributed by atoms with Gasteiger partial charge in [0.25, 0.3) is 5.91 Å². The highest BCUT2D eigenvalue weighted by Gasteiger charge is 2.27. The smallest absolute Gasteiger partial charge is 0.326 e. The fourth-order valence-electron chi connectivity index (χ4n) is 6.43. The van der Waals surface area contributed by atoms with Gasteiger partial charge in [-0.15, -0.1) is 0 Å². The number of nitrogens with zero attached hydrogens (tertiary/aromatic N) is 3. The zero-order chi connectivity index (χ0) is 52.6. The van der Waals surface area contributed by atoms with Crippen LogP contribution in [0.15, 0.2) is 77.9 Å². The number of hydrogen-bond donors (Lipinski definition) is 13. The van der Waals surface area contributed by atoms with Crippen LogP contribution in [0.2, 0.25) is 0 Å². The van der Waals surface area contributed by atoms with Crippen LogP contribution in [0, 0.1) is 0 Å². The van der Waals surface area contributed by atoms with Crippen LogP contribution in [0.1, 0.15) is 72.9 Å². The van der Waals surface area contributed by atoms with Gasteiger partial charge in [0.2, 0.25) is 11.8 Å². The van der Waals surface area contributed by atoms with Crippen molar-refractivity contribution in [3.05, 3.63) is 99.9 Å². The Balaban J connectivity index is 1.61. The van der Waals surface area contributed by atoms with Crippen LogP contribution in [0.4, 0.5) is 26.7 Å². The Labute approximate surface area is 402 Å². The molecule has 0 bridgehead atoms. The first-order chi connectivity index (χ1) is 33.6. The lowest BCUT2D eigenvalue weighted by atomic mass is 10.0. The summed E-state index contributed by atoms with van der Waals surface area (Å²) in [5, 5.41) is 75.5. The quantitative estimate of drug-likeness (QED) is 0.0270. The first kappa shape index (κ1) is 56.1. The first-order valence-corrected chi connectivity index (χ1v) is 21.3. The number of aliphatic carboxylic acids is 6. The maximum atomic E-state index is 13.2. The molecule has 0 saturated carbocycles. The summed E-state index contributed by atoms with van der Waals surface area (Å²) in [7, 11) is 0. The molecule has 27 heteroatoms. The van der Waals surface area contributed by atoms with E-state index in [1.807, 2.05) is 10.6 Å². The number of anilines is 2. The van der Waals surface area contributed by atoms with Crippen molar-refractivity contribution in [3.63, 3.8) is 0 Å². The number of nitrogens with one attached hydrogen (secondary N) is 7. The summed E-state index contributed by atoms with van der Waals surface area (Å²) in [6, 6.07) is 8.12. The molecule has 4 unspecified atom stereocenters. The van der Waals surface area contributed by atoms with Gasteiger partial charge < -0.3 is 67.9 Å². The lowest BCUT2D eigenvalue weighted by molar-refractivity contribution is -0.142. The lowest BCUT2D eigenvalue weighted by Gasteiger charge is -2.19. The molecule has 378 valence electrons. The van der Waals surface area contributed by atoms with Crippen molar-refractivity contribution in [1.82, 2.24) is 26.6 Å². The van der Waals surface area contributed by atoms with E-state index in [0.717, 1.165) is 0 Å². The molecule has 0 heterocycles. The molecule has 3 aromatic carbocycles. The van der Waals surface area contributed by atoms with Gasteiger partial charge in [-0.3, -0.25) is 24.0 Å². The van der Waals surface area contributed by atoms with Crippen molar-refractivity contribution in [2.24, 2.45) is 5.11 Å². The molecule has 3 rings (SSSR count). The molecule has 0 fully saturated rings. The van der Waals surface area contributed by atoms with Gasteiger partial charge >= 0.3 is 47.9 Å².